The first-order chi connectivity index (χ1) is 11.4. The Hall–Kier alpha value is -3.35. The van der Waals surface area contributed by atoms with Gasteiger partial charge in [-0.2, -0.15) is 5.10 Å². The molecule has 1 aliphatic rings. The van der Waals surface area contributed by atoms with Crippen molar-refractivity contribution >= 4 is 18.2 Å². The van der Waals surface area contributed by atoms with Crippen molar-refractivity contribution in [3.05, 3.63) is 59.7 Å². The highest BCUT2D eigenvalue weighted by molar-refractivity contribution is 6.07. The number of urea groups is 1. The van der Waals surface area contributed by atoms with Gasteiger partial charge in [-0.15, -0.1) is 5.01 Å². The Labute approximate surface area is 137 Å². The van der Waals surface area contributed by atoms with Gasteiger partial charge >= 0.3 is 6.03 Å². The molecule has 3 N–H and O–H groups in total. The van der Waals surface area contributed by atoms with Crippen LogP contribution < -0.4 is 5.32 Å². The Morgan fingerprint density at radius 1 is 1.08 bits per heavy atom. The van der Waals surface area contributed by atoms with Crippen LogP contribution in [0.25, 0.3) is 0 Å². The fourth-order valence-electron chi connectivity index (χ4n) is 2.47. The molecule has 1 atom stereocenters. The summed E-state index contributed by atoms with van der Waals surface area (Å²) in [6, 6.07) is 12.5. The van der Waals surface area contributed by atoms with Crippen molar-refractivity contribution < 1.29 is 19.8 Å². The molecule has 0 bridgehead atoms. The number of nitrogens with one attached hydrogen (secondary N) is 1. The second kappa shape index (κ2) is 5.69. The Kier molecular flexibility index (Phi) is 3.69. The lowest BCUT2D eigenvalue weighted by Crippen LogP contribution is -2.40. The van der Waals surface area contributed by atoms with Crippen LogP contribution in [0.15, 0.2) is 53.6 Å². The third kappa shape index (κ3) is 2.45. The van der Waals surface area contributed by atoms with E-state index in [9.17, 15) is 19.8 Å². The number of benzene rings is 2. The van der Waals surface area contributed by atoms with E-state index in [1.54, 1.807) is 31.2 Å². The van der Waals surface area contributed by atoms with E-state index in [1.165, 1.54) is 18.2 Å². The third-order valence-corrected chi connectivity index (χ3v) is 3.88. The number of hydrogen-bond donors (Lipinski definition) is 3. The van der Waals surface area contributed by atoms with Crippen LogP contribution in [-0.4, -0.2) is 33.4 Å². The number of amides is 3. The molecular formula is C17H15N3O4. The Balaban J connectivity index is 1.90. The van der Waals surface area contributed by atoms with E-state index < -0.39 is 17.5 Å². The number of hydrazone groups is 1. The number of phenolic OH excluding ortho intramolecular Hbond substituents is 2. The van der Waals surface area contributed by atoms with Gasteiger partial charge in [-0.25, -0.2) is 4.79 Å². The number of imide groups is 1. The van der Waals surface area contributed by atoms with Crippen LogP contribution in [-0.2, 0) is 10.3 Å². The van der Waals surface area contributed by atoms with Crippen LogP contribution in [0.1, 0.15) is 18.1 Å². The number of phenols is 2. The standard InChI is InChI=1S/C17H15N3O4/c1-17(12-7-3-2-4-8-12)15(23)20(16(24)19-17)18-10-11-6-5-9-13(21)14(11)22/h2-10,21-22H,1H3,(H,19,24)/b18-10+/t17-/m0/s1. The highest BCUT2D eigenvalue weighted by atomic mass is 16.3. The van der Waals surface area contributed by atoms with Crippen molar-refractivity contribution in [3.8, 4) is 11.5 Å². The van der Waals surface area contributed by atoms with Gasteiger partial charge in [-0.1, -0.05) is 36.4 Å². The number of para-hydroxylation sites is 1. The van der Waals surface area contributed by atoms with E-state index >= 15 is 0 Å². The van der Waals surface area contributed by atoms with Crippen molar-refractivity contribution in [1.82, 2.24) is 10.3 Å². The summed E-state index contributed by atoms with van der Waals surface area (Å²) < 4.78 is 0. The van der Waals surface area contributed by atoms with Gasteiger partial charge < -0.3 is 15.5 Å². The summed E-state index contributed by atoms with van der Waals surface area (Å²) in [4.78, 5) is 24.7. The predicted octanol–water partition coefficient (Wildman–Crippen LogP) is 1.90. The lowest BCUT2D eigenvalue weighted by molar-refractivity contribution is -0.131. The fourth-order valence-corrected chi connectivity index (χ4v) is 2.47. The lowest BCUT2D eigenvalue weighted by atomic mass is 9.92. The summed E-state index contributed by atoms with van der Waals surface area (Å²) in [5.74, 6) is -1.22. The molecule has 122 valence electrons. The van der Waals surface area contributed by atoms with E-state index in [1.807, 2.05) is 6.07 Å². The predicted molar refractivity (Wildman–Crippen MR) is 86.5 cm³/mol. The zero-order chi connectivity index (χ0) is 17.3. The minimum atomic E-state index is -1.21. The third-order valence-electron chi connectivity index (χ3n) is 3.88. The van der Waals surface area contributed by atoms with Crippen LogP contribution in [0.2, 0.25) is 0 Å². The molecule has 1 fully saturated rings. The number of carbonyl (C=O) groups excluding carboxylic acids is 2. The Morgan fingerprint density at radius 2 is 1.79 bits per heavy atom. The largest absolute Gasteiger partial charge is 0.504 e. The average Bonchev–Trinajstić information content (AvgIpc) is 2.80. The van der Waals surface area contributed by atoms with E-state index in [-0.39, 0.29) is 17.1 Å². The van der Waals surface area contributed by atoms with Crippen molar-refractivity contribution in [2.45, 2.75) is 12.5 Å². The molecule has 3 amide bonds. The number of rotatable bonds is 3. The first-order valence-corrected chi connectivity index (χ1v) is 7.20. The summed E-state index contributed by atoms with van der Waals surface area (Å²) >= 11 is 0. The number of aromatic hydroxyl groups is 2. The number of hydrogen-bond acceptors (Lipinski definition) is 5. The van der Waals surface area contributed by atoms with Crippen molar-refractivity contribution in [2.24, 2.45) is 5.10 Å². The van der Waals surface area contributed by atoms with Crippen LogP contribution in [0.5, 0.6) is 11.5 Å². The quantitative estimate of drug-likeness (QED) is 0.455. The van der Waals surface area contributed by atoms with Crippen LogP contribution >= 0.6 is 0 Å². The van der Waals surface area contributed by atoms with E-state index in [2.05, 4.69) is 10.4 Å². The summed E-state index contributed by atoms with van der Waals surface area (Å²) in [5.41, 5.74) is -0.388. The average molecular weight is 325 g/mol. The van der Waals surface area contributed by atoms with Gasteiger partial charge in [-0.3, -0.25) is 4.79 Å². The van der Waals surface area contributed by atoms with E-state index in [0.717, 1.165) is 6.21 Å². The van der Waals surface area contributed by atoms with Crippen LogP contribution in [0.4, 0.5) is 4.79 Å². The maximum atomic E-state index is 12.6. The van der Waals surface area contributed by atoms with Gasteiger partial charge in [0.25, 0.3) is 5.91 Å². The minimum absolute atomic E-state index is 0.184. The molecule has 1 saturated heterocycles. The molecular weight excluding hydrogens is 310 g/mol. The van der Waals surface area contributed by atoms with Gasteiger partial charge in [0.05, 0.1) is 6.21 Å². The molecule has 0 unspecified atom stereocenters. The molecule has 3 rings (SSSR count). The maximum absolute atomic E-state index is 12.6. The van der Waals surface area contributed by atoms with Crippen molar-refractivity contribution in [3.63, 3.8) is 0 Å². The topological polar surface area (TPSA) is 102 Å². The molecule has 24 heavy (non-hydrogen) atoms. The summed E-state index contributed by atoms with van der Waals surface area (Å²) in [5, 5.41) is 26.4. The zero-order valence-electron chi connectivity index (χ0n) is 12.8. The monoisotopic (exact) mass is 325 g/mol. The molecule has 0 aliphatic carbocycles. The summed E-state index contributed by atoms with van der Waals surface area (Å²) in [6.07, 6.45) is 1.14. The van der Waals surface area contributed by atoms with Crippen molar-refractivity contribution in [1.29, 1.82) is 0 Å². The smallest absolute Gasteiger partial charge is 0.346 e. The molecule has 0 aromatic heterocycles. The second-order valence-corrected chi connectivity index (χ2v) is 5.50. The van der Waals surface area contributed by atoms with E-state index in [0.29, 0.717) is 10.6 Å². The molecule has 7 heteroatoms. The zero-order valence-corrected chi connectivity index (χ0v) is 12.8. The normalized spacial score (nSPS) is 20.6. The molecule has 2 aromatic carbocycles. The van der Waals surface area contributed by atoms with Crippen LogP contribution in [0.3, 0.4) is 0 Å². The van der Waals surface area contributed by atoms with Gasteiger partial charge in [-0.05, 0) is 24.6 Å². The van der Waals surface area contributed by atoms with Crippen LogP contribution in [0, 0.1) is 0 Å². The molecule has 0 saturated carbocycles. The molecule has 2 aromatic rings. The molecule has 0 spiro atoms. The highest BCUT2D eigenvalue weighted by Gasteiger charge is 2.49. The first-order valence-electron chi connectivity index (χ1n) is 7.20. The van der Waals surface area contributed by atoms with Gasteiger partial charge in [0.1, 0.15) is 5.54 Å². The lowest BCUT2D eigenvalue weighted by Gasteiger charge is -2.20. The molecule has 0 radical (unpaired) electrons. The highest BCUT2D eigenvalue weighted by Crippen LogP contribution is 2.30. The van der Waals surface area contributed by atoms with E-state index in [4.69, 9.17) is 0 Å². The number of nitrogens with zero attached hydrogens (tertiary/aromatic N) is 2. The first kappa shape index (κ1) is 15.5. The molecule has 7 nitrogen and oxygen atoms in total. The Bertz CT molecular complexity index is 835. The van der Waals surface area contributed by atoms with Gasteiger partial charge in [0.2, 0.25) is 0 Å². The van der Waals surface area contributed by atoms with Crippen molar-refractivity contribution in [2.75, 3.05) is 0 Å². The van der Waals surface area contributed by atoms with Gasteiger partial charge in [0, 0.05) is 5.56 Å². The molecule has 1 aliphatic heterocycles. The maximum Gasteiger partial charge on any atom is 0.346 e. The SMILES string of the molecule is C[C@@]1(c2ccccc2)NC(=O)N(/N=C/c2cccc(O)c2O)C1=O. The molecule has 1 heterocycles. The second-order valence-electron chi connectivity index (χ2n) is 5.50. The Morgan fingerprint density at radius 3 is 2.50 bits per heavy atom. The van der Waals surface area contributed by atoms with Gasteiger partial charge in [0.15, 0.2) is 11.5 Å². The minimum Gasteiger partial charge on any atom is -0.504 e. The number of carbonyl (C=O) groups is 2. The fraction of sp³-hybridized carbons (Fsp3) is 0.118. The summed E-state index contributed by atoms with van der Waals surface area (Å²) in [6.45, 7) is 1.60. The summed E-state index contributed by atoms with van der Waals surface area (Å²) in [7, 11) is 0.